The monoisotopic (exact) mass is 616 g/mol. The highest BCUT2D eigenvalue weighted by Gasteiger charge is 2.32. The van der Waals surface area contributed by atoms with E-state index < -0.39 is 0 Å². The molecule has 0 aromatic heterocycles. The van der Waals surface area contributed by atoms with Crippen LogP contribution in [0.1, 0.15) is 105 Å². The van der Waals surface area contributed by atoms with Crippen molar-refractivity contribution < 1.29 is 28.7 Å². The predicted molar refractivity (Wildman–Crippen MR) is 177 cm³/mol. The second-order valence-electron chi connectivity index (χ2n) is 12.0. The topological polar surface area (TPSA) is 86.7 Å². The molecule has 4 aromatic rings. The first-order chi connectivity index (χ1) is 22.4. The van der Waals surface area contributed by atoms with E-state index in [1.54, 1.807) is 24.3 Å². The van der Waals surface area contributed by atoms with Gasteiger partial charge in [-0.1, -0.05) is 84.9 Å². The van der Waals surface area contributed by atoms with Crippen LogP contribution in [0.5, 0.6) is 0 Å². The zero-order valence-corrected chi connectivity index (χ0v) is 26.4. The Balaban J connectivity index is 0.000000181. The number of hydrogen-bond donors (Lipinski definition) is 0. The van der Waals surface area contributed by atoms with Crippen LogP contribution in [0, 0.1) is 0 Å². The Bertz CT molecular complexity index is 1500. The number of ketones is 2. The Kier molecular flexibility index (Phi) is 10.9. The normalized spacial score (nSPS) is 21.0. The van der Waals surface area contributed by atoms with Gasteiger partial charge in [0.25, 0.3) is 0 Å². The SMILES string of the molecule is COC(=O)c1ccc([C@@H]2CC(=O)CC[C@H]2c2ccccc2)cc1.COC(=O)c1ccc([C@H]2CC(=O)CC[C@@H]2c2ccccc2)cc1. The number of esters is 2. The highest BCUT2D eigenvalue weighted by atomic mass is 16.5. The molecular formula is C40H40O6. The highest BCUT2D eigenvalue weighted by molar-refractivity contribution is 5.90. The minimum absolute atomic E-state index is 0.172. The van der Waals surface area contributed by atoms with Crippen molar-refractivity contribution in [3.63, 3.8) is 0 Å². The van der Waals surface area contributed by atoms with Gasteiger partial charge in [0.1, 0.15) is 11.6 Å². The largest absolute Gasteiger partial charge is 0.465 e. The predicted octanol–water partition coefficient (Wildman–Crippen LogP) is 8.19. The van der Waals surface area contributed by atoms with Gasteiger partial charge in [0.05, 0.1) is 25.3 Å². The summed E-state index contributed by atoms with van der Waals surface area (Å²) in [6, 6.07) is 35.7. The van der Waals surface area contributed by atoms with Crippen molar-refractivity contribution in [3.8, 4) is 0 Å². The Labute approximate surface area is 270 Å². The molecule has 6 nitrogen and oxygen atoms in total. The van der Waals surface area contributed by atoms with Crippen molar-refractivity contribution in [2.24, 2.45) is 0 Å². The minimum atomic E-state index is -0.337. The number of ether oxygens (including phenoxy) is 2. The maximum atomic E-state index is 12.0. The fraction of sp³-hybridized carbons (Fsp3) is 0.300. The lowest BCUT2D eigenvalue weighted by molar-refractivity contribution is -0.121. The van der Waals surface area contributed by atoms with E-state index in [0.717, 1.165) is 24.0 Å². The first-order valence-corrected chi connectivity index (χ1v) is 15.9. The van der Waals surface area contributed by atoms with Gasteiger partial charge in [-0.3, -0.25) is 9.59 Å². The molecule has 0 bridgehead atoms. The molecule has 2 saturated carbocycles. The summed E-state index contributed by atoms with van der Waals surface area (Å²) in [7, 11) is 2.75. The molecule has 0 N–H and O–H groups in total. The fourth-order valence-electron chi connectivity index (χ4n) is 6.88. The third kappa shape index (κ3) is 7.86. The molecule has 4 aromatic carbocycles. The molecule has 2 aliphatic rings. The summed E-state index contributed by atoms with van der Waals surface area (Å²) < 4.78 is 9.47. The zero-order chi connectivity index (χ0) is 32.5. The van der Waals surface area contributed by atoms with Gasteiger partial charge in [-0.15, -0.1) is 0 Å². The lowest BCUT2D eigenvalue weighted by atomic mass is 9.72. The number of carbonyl (C=O) groups excluding carboxylic acids is 4. The third-order valence-corrected chi connectivity index (χ3v) is 9.31. The lowest BCUT2D eigenvalue weighted by Crippen LogP contribution is -2.22. The maximum absolute atomic E-state index is 12.0. The lowest BCUT2D eigenvalue weighted by Gasteiger charge is -2.31. The number of rotatable bonds is 6. The standard InChI is InChI=1S/2C20H20O3/c2*1-23-20(22)16-9-7-15(8-10-16)19-13-17(21)11-12-18(19)14-5-3-2-4-6-14/h2*2-10,18-19H,11-13H2,1H3/t2*18-,19-/m10/s1. The van der Waals surface area contributed by atoms with Gasteiger partial charge in [-0.25, -0.2) is 9.59 Å². The van der Waals surface area contributed by atoms with Crippen LogP contribution in [0.25, 0.3) is 0 Å². The molecule has 0 heterocycles. The number of carbonyl (C=O) groups is 4. The van der Waals surface area contributed by atoms with Gasteiger partial charge < -0.3 is 9.47 Å². The highest BCUT2D eigenvalue weighted by Crippen LogP contribution is 2.44. The average Bonchev–Trinajstić information content (AvgIpc) is 3.12. The number of methoxy groups -OCH3 is 2. The van der Waals surface area contributed by atoms with E-state index >= 15 is 0 Å². The number of hydrogen-bond acceptors (Lipinski definition) is 6. The van der Waals surface area contributed by atoms with E-state index in [9.17, 15) is 19.2 Å². The zero-order valence-electron chi connectivity index (χ0n) is 26.4. The van der Waals surface area contributed by atoms with Gasteiger partial charge in [0.15, 0.2) is 0 Å². The second kappa shape index (κ2) is 15.4. The molecule has 2 aliphatic carbocycles. The van der Waals surface area contributed by atoms with E-state index in [2.05, 4.69) is 24.3 Å². The van der Waals surface area contributed by atoms with Crippen molar-refractivity contribution >= 4 is 23.5 Å². The quantitative estimate of drug-likeness (QED) is 0.203. The van der Waals surface area contributed by atoms with Crippen LogP contribution in [0.3, 0.4) is 0 Å². The minimum Gasteiger partial charge on any atom is -0.465 e. The summed E-state index contributed by atoms with van der Waals surface area (Å²) in [5.74, 6) is 0.997. The summed E-state index contributed by atoms with van der Waals surface area (Å²) in [4.78, 5) is 47.1. The Hall–Kier alpha value is -4.84. The fourth-order valence-corrected chi connectivity index (χ4v) is 6.88. The van der Waals surface area contributed by atoms with E-state index in [0.29, 0.717) is 60.2 Å². The maximum Gasteiger partial charge on any atom is 0.337 e. The second-order valence-corrected chi connectivity index (χ2v) is 12.0. The van der Waals surface area contributed by atoms with E-state index in [1.807, 2.05) is 60.7 Å². The summed E-state index contributed by atoms with van der Waals surface area (Å²) >= 11 is 0. The Morgan fingerprint density at radius 2 is 0.804 bits per heavy atom. The van der Waals surface area contributed by atoms with E-state index in [1.165, 1.54) is 25.3 Å². The van der Waals surface area contributed by atoms with Crippen molar-refractivity contribution in [1.82, 2.24) is 0 Å². The van der Waals surface area contributed by atoms with Crippen LogP contribution >= 0.6 is 0 Å². The average molecular weight is 617 g/mol. The van der Waals surface area contributed by atoms with Crippen LogP contribution in [0.2, 0.25) is 0 Å². The van der Waals surface area contributed by atoms with Crippen LogP contribution < -0.4 is 0 Å². The summed E-state index contributed by atoms with van der Waals surface area (Å²) in [5, 5.41) is 0. The Morgan fingerprint density at radius 1 is 0.478 bits per heavy atom. The number of benzene rings is 4. The summed E-state index contributed by atoms with van der Waals surface area (Å²) in [6.07, 6.45) is 4.19. The van der Waals surface area contributed by atoms with Gasteiger partial charge >= 0.3 is 11.9 Å². The van der Waals surface area contributed by atoms with Crippen LogP contribution in [0.4, 0.5) is 0 Å². The third-order valence-electron chi connectivity index (χ3n) is 9.31. The van der Waals surface area contributed by atoms with Gasteiger partial charge in [0.2, 0.25) is 0 Å². The first kappa shape index (κ1) is 32.6. The molecule has 4 atom stereocenters. The van der Waals surface area contributed by atoms with E-state index in [4.69, 9.17) is 9.47 Å². The van der Waals surface area contributed by atoms with Crippen molar-refractivity contribution in [2.75, 3.05) is 14.2 Å². The Morgan fingerprint density at radius 3 is 1.13 bits per heavy atom. The molecule has 0 radical (unpaired) electrons. The van der Waals surface area contributed by atoms with E-state index in [-0.39, 0.29) is 23.8 Å². The van der Waals surface area contributed by atoms with Crippen molar-refractivity contribution in [3.05, 3.63) is 143 Å². The van der Waals surface area contributed by atoms with Crippen molar-refractivity contribution in [1.29, 1.82) is 0 Å². The summed E-state index contributed by atoms with van der Waals surface area (Å²) in [5.41, 5.74) is 5.85. The van der Waals surface area contributed by atoms with Crippen LogP contribution in [-0.2, 0) is 19.1 Å². The molecule has 0 saturated heterocycles. The van der Waals surface area contributed by atoms with Crippen LogP contribution in [-0.4, -0.2) is 37.7 Å². The molecule has 6 heteroatoms. The molecule has 0 aliphatic heterocycles. The van der Waals surface area contributed by atoms with Gasteiger partial charge in [-0.2, -0.15) is 0 Å². The van der Waals surface area contributed by atoms with Crippen LogP contribution in [0.15, 0.2) is 109 Å². The first-order valence-electron chi connectivity index (χ1n) is 15.9. The molecule has 0 unspecified atom stereocenters. The number of Topliss-reactive ketones (excluding diaryl/α,β-unsaturated/α-hetero) is 2. The molecule has 6 rings (SSSR count). The summed E-state index contributed by atoms with van der Waals surface area (Å²) in [6.45, 7) is 0. The molecule has 2 fully saturated rings. The molecule has 0 spiro atoms. The van der Waals surface area contributed by atoms with Gasteiger partial charge in [-0.05, 0) is 83.0 Å². The van der Waals surface area contributed by atoms with Gasteiger partial charge in [0, 0.05) is 25.7 Å². The molecular weight excluding hydrogens is 576 g/mol. The molecule has 236 valence electrons. The molecule has 0 amide bonds. The smallest absolute Gasteiger partial charge is 0.337 e. The van der Waals surface area contributed by atoms with Crippen molar-refractivity contribution in [2.45, 2.75) is 62.2 Å². The molecule has 46 heavy (non-hydrogen) atoms.